The van der Waals surface area contributed by atoms with Gasteiger partial charge in [-0.1, -0.05) is 68.3 Å². The Morgan fingerprint density at radius 2 is 1.69 bits per heavy atom. The highest BCUT2D eigenvalue weighted by Crippen LogP contribution is 2.19. The van der Waals surface area contributed by atoms with Crippen molar-refractivity contribution in [1.29, 1.82) is 0 Å². The van der Waals surface area contributed by atoms with Crippen LogP contribution in [0.1, 0.15) is 55.2 Å². The van der Waals surface area contributed by atoms with Crippen molar-refractivity contribution in [2.24, 2.45) is 0 Å². The van der Waals surface area contributed by atoms with Crippen LogP contribution in [0.15, 0.2) is 59.4 Å². The lowest BCUT2D eigenvalue weighted by molar-refractivity contribution is -0.135. The number of carbonyl (C=O) groups excluding carboxylic acids is 2. The summed E-state index contributed by atoms with van der Waals surface area (Å²) in [6, 6.07) is 16.3. The van der Waals surface area contributed by atoms with Crippen LogP contribution >= 0.6 is 0 Å². The van der Waals surface area contributed by atoms with Crippen LogP contribution < -0.4 is 5.56 Å². The van der Waals surface area contributed by atoms with Gasteiger partial charge in [0.15, 0.2) is 12.3 Å². The monoisotopic (exact) mass is 435 g/mol. The predicted octanol–water partition coefficient (Wildman–Crippen LogP) is 3.96. The Balaban J connectivity index is 1.77. The van der Waals surface area contributed by atoms with Gasteiger partial charge in [-0.3, -0.25) is 9.59 Å². The molecule has 0 N–H and O–H groups in total. The maximum Gasteiger partial charge on any atom is 0.359 e. The number of rotatable bonds is 9. The summed E-state index contributed by atoms with van der Waals surface area (Å²) in [5.74, 6) is -1.05. The second-order valence-electron chi connectivity index (χ2n) is 7.80. The summed E-state index contributed by atoms with van der Waals surface area (Å²) in [4.78, 5) is 39.8. The molecule has 0 aliphatic carbocycles. The van der Waals surface area contributed by atoms with Crippen molar-refractivity contribution in [3.63, 3.8) is 0 Å². The Kier molecular flexibility index (Phi) is 7.76. The van der Waals surface area contributed by atoms with Gasteiger partial charge in [-0.25, -0.2) is 9.48 Å². The topological polar surface area (TPSA) is 81.5 Å². The number of amides is 1. The van der Waals surface area contributed by atoms with Crippen LogP contribution in [-0.2, 0) is 16.1 Å². The smallest absolute Gasteiger partial charge is 0.359 e. The van der Waals surface area contributed by atoms with E-state index in [4.69, 9.17) is 4.74 Å². The predicted molar refractivity (Wildman–Crippen MR) is 123 cm³/mol. The number of benzene rings is 2. The molecule has 3 aromatic rings. The zero-order chi connectivity index (χ0) is 23.1. The molecule has 1 aromatic heterocycles. The second-order valence-corrected chi connectivity index (χ2v) is 7.80. The number of ether oxygens (including phenoxy) is 1. The van der Waals surface area contributed by atoms with Crippen LogP contribution in [0, 0.1) is 0 Å². The van der Waals surface area contributed by atoms with E-state index in [1.165, 1.54) is 4.68 Å². The molecule has 7 heteroatoms. The number of aromatic nitrogens is 2. The van der Waals surface area contributed by atoms with Gasteiger partial charge in [0.05, 0.1) is 11.4 Å². The van der Waals surface area contributed by atoms with Crippen molar-refractivity contribution in [1.82, 2.24) is 14.7 Å². The van der Waals surface area contributed by atoms with Gasteiger partial charge < -0.3 is 9.64 Å². The molecule has 0 fully saturated rings. The Labute approximate surface area is 187 Å². The molecule has 1 heterocycles. The van der Waals surface area contributed by atoms with Crippen molar-refractivity contribution >= 4 is 22.6 Å². The lowest BCUT2D eigenvalue weighted by Gasteiger charge is -2.25. The van der Waals surface area contributed by atoms with Gasteiger partial charge in [0.2, 0.25) is 0 Å². The van der Waals surface area contributed by atoms with E-state index >= 15 is 0 Å². The summed E-state index contributed by atoms with van der Waals surface area (Å²) in [5.41, 5.74) is 0.797. The summed E-state index contributed by atoms with van der Waals surface area (Å²) < 4.78 is 6.64. The van der Waals surface area contributed by atoms with Gasteiger partial charge in [-0.2, -0.15) is 5.10 Å². The van der Waals surface area contributed by atoms with Crippen LogP contribution in [0.25, 0.3) is 10.8 Å². The molecule has 1 amide bonds. The minimum Gasteiger partial charge on any atom is -0.451 e. The highest BCUT2D eigenvalue weighted by Gasteiger charge is 2.22. The molecule has 1 atom stereocenters. The first kappa shape index (κ1) is 23.2. The largest absolute Gasteiger partial charge is 0.451 e. The third-order valence-corrected chi connectivity index (χ3v) is 5.62. The lowest BCUT2D eigenvalue weighted by atomic mass is 10.1. The van der Waals surface area contributed by atoms with Gasteiger partial charge in [-0.05, 0) is 25.0 Å². The number of unbranched alkanes of at least 4 members (excludes halogenated alkanes) is 2. The van der Waals surface area contributed by atoms with E-state index in [0.717, 1.165) is 24.8 Å². The Morgan fingerprint density at radius 3 is 2.38 bits per heavy atom. The van der Waals surface area contributed by atoms with E-state index in [-0.39, 0.29) is 23.2 Å². The fraction of sp³-hybridized carbons (Fsp3) is 0.360. The Bertz CT molecular complexity index is 1140. The molecule has 0 radical (unpaired) electrons. The number of likely N-dealkylation sites (N-methyl/N-ethyl adjacent to an activating group) is 1. The van der Waals surface area contributed by atoms with E-state index in [9.17, 15) is 14.4 Å². The Hall–Kier alpha value is -3.48. The van der Waals surface area contributed by atoms with Crippen LogP contribution in [0.5, 0.6) is 0 Å². The molecule has 0 saturated carbocycles. The lowest BCUT2D eigenvalue weighted by Crippen LogP contribution is -2.34. The van der Waals surface area contributed by atoms with Crippen LogP contribution in [0.4, 0.5) is 0 Å². The minimum absolute atomic E-state index is 0.0447. The van der Waals surface area contributed by atoms with Gasteiger partial charge >= 0.3 is 5.97 Å². The zero-order valence-corrected chi connectivity index (χ0v) is 18.8. The molecule has 3 rings (SSSR count). The molecule has 0 spiro atoms. The van der Waals surface area contributed by atoms with Gasteiger partial charge in [-0.15, -0.1) is 0 Å². The second kappa shape index (κ2) is 10.7. The molecule has 32 heavy (non-hydrogen) atoms. The molecule has 168 valence electrons. The third-order valence-electron chi connectivity index (χ3n) is 5.62. The minimum atomic E-state index is -0.723. The van der Waals surface area contributed by atoms with E-state index in [1.807, 2.05) is 37.3 Å². The third kappa shape index (κ3) is 5.22. The molecule has 2 aromatic carbocycles. The SMILES string of the molecule is CCCCCn1nc(C(=O)OCC(=O)N(C)C(C)c2ccccc2)c2ccccc2c1=O. The first-order valence-corrected chi connectivity index (χ1v) is 10.9. The molecule has 0 aliphatic rings. The van der Waals surface area contributed by atoms with E-state index in [0.29, 0.717) is 17.3 Å². The van der Waals surface area contributed by atoms with Crippen LogP contribution in [0.2, 0.25) is 0 Å². The summed E-state index contributed by atoms with van der Waals surface area (Å²) in [5, 5.41) is 5.12. The number of carbonyl (C=O) groups is 2. The highest BCUT2D eigenvalue weighted by atomic mass is 16.5. The van der Waals surface area contributed by atoms with E-state index in [2.05, 4.69) is 12.0 Å². The normalized spacial score (nSPS) is 11.8. The van der Waals surface area contributed by atoms with E-state index in [1.54, 1.807) is 36.2 Å². The van der Waals surface area contributed by atoms with Crippen molar-refractivity contribution < 1.29 is 14.3 Å². The van der Waals surface area contributed by atoms with Gasteiger partial charge in [0.25, 0.3) is 11.5 Å². The fourth-order valence-electron chi connectivity index (χ4n) is 3.52. The molecule has 0 aliphatic heterocycles. The highest BCUT2D eigenvalue weighted by molar-refractivity contribution is 6.02. The first-order chi connectivity index (χ1) is 15.4. The van der Waals surface area contributed by atoms with Crippen molar-refractivity contribution in [2.45, 2.75) is 45.7 Å². The molecule has 7 nitrogen and oxygen atoms in total. The number of hydrogen-bond donors (Lipinski definition) is 0. The number of aryl methyl sites for hydroxylation is 1. The van der Waals surface area contributed by atoms with Gasteiger partial charge in [0.1, 0.15) is 0 Å². The number of esters is 1. The average Bonchev–Trinajstić information content (AvgIpc) is 2.83. The van der Waals surface area contributed by atoms with Crippen molar-refractivity contribution in [3.05, 3.63) is 76.2 Å². The average molecular weight is 436 g/mol. The fourth-order valence-corrected chi connectivity index (χ4v) is 3.52. The maximum atomic E-state index is 12.8. The quantitative estimate of drug-likeness (QED) is 0.375. The number of nitrogens with zero attached hydrogens (tertiary/aromatic N) is 3. The van der Waals surface area contributed by atoms with Crippen LogP contribution in [0.3, 0.4) is 0 Å². The Morgan fingerprint density at radius 1 is 1.03 bits per heavy atom. The summed E-state index contributed by atoms with van der Waals surface area (Å²) >= 11 is 0. The summed E-state index contributed by atoms with van der Waals surface area (Å²) in [6.45, 7) is 4.01. The molecule has 1 unspecified atom stereocenters. The maximum absolute atomic E-state index is 12.8. The number of fused-ring (bicyclic) bond motifs is 1. The zero-order valence-electron chi connectivity index (χ0n) is 18.8. The summed E-state index contributed by atoms with van der Waals surface area (Å²) in [7, 11) is 1.68. The first-order valence-electron chi connectivity index (χ1n) is 10.9. The summed E-state index contributed by atoms with van der Waals surface area (Å²) in [6.07, 6.45) is 2.76. The molecular weight excluding hydrogens is 406 g/mol. The van der Waals surface area contributed by atoms with Gasteiger partial charge in [0, 0.05) is 19.0 Å². The molecular formula is C25H29N3O4. The van der Waals surface area contributed by atoms with Crippen molar-refractivity contribution in [2.75, 3.05) is 13.7 Å². The van der Waals surface area contributed by atoms with E-state index < -0.39 is 12.6 Å². The molecule has 0 bridgehead atoms. The standard InChI is InChI=1S/C25H29N3O4/c1-4-5-11-16-28-24(30)21-15-10-9-14-20(21)23(26-28)25(31)32-17-22(29)27(3)18(2)19-12-7-6-8-13-19/h6-10,12-15,18H,4-5,11,16-17H2,1-3H3. The van der Waals surface area contributed by atoms with Crippen molar-refractivity contribution in [3.8, 4) is 0 Å². The number of hydrogen-bond acceptors (Lipinski definition) is 5. The molecule has 0 saturated heterocycles. The van der Waals surface area contributed by atoms with Crippen LogP contribution in [-0.4, -0.2) is 40.2 Å².